The van der Waals surface area contributed by atoms with E-state index in [9.17, 15) is 4.79 Å². The van der Waals surface area contributed by atoms with Crippen LogP contribution in [0.2, 0.25) is 0 Å². The Bertz CT molecular complexity index is 812. The zero-order chi connectivity index (χ0) is 19.2. The first-order valence-electron chi connectivity index (χ1n) is 9.16. The Morgan fingerprint density at radius 3 is 2.74 bits per heavy atom. The first-order valence-corrected chi connectivity index (χ1v) is 9.16. The number of nitriles is 1. The molecule has 2 atom stereocenters. The molecule has 1 aromatic heterocycles. The maximum absolute atomic E-state index is 12.4. The van der Waals surface area contributed by atoms with Gasteiger partial charge in [0.1, 0.15) is 6.07 Å². The second-order valence-electron chi connectivity index (χ2n) is 6.94. The van der Waals surface area contributed by atoms with Crippen molar-refractivity contribution >= 4 is 11.7 Å². The van der Waals surface area contributed by atoms with Gasteiger partial charge in [-0.3, -0.25) is 4.79 Å². The third-order valence-corrected chi connectivity index (χ3v) is 4.91. The van der Waals surface area contributed by atoms with Crippen molar-refractivity contribution < 1.29 is 4.79 Å². The molecule has 7 nitrogen and oxygen atoms in total. The van der Waals surface area contributed by atoms with E-state index in [-0.39, 0.29) is 11.9 Å². The molecular formula is C20H24N6O. The van der Waals surface area contributed by atoms with Crippen molar-refractivity contribution in [3.63, 3.8) is 0 Å². The zero-order valence-corrected chi connectivity index (χ0v) is 15.4. The van der Waals surface area contributed by atoms with Crippen LogP contribution in [0.3, 0.4) is 0 Å². The highest BCUT2D eigenvalue weighted by atomic mass is 16.1. The Labute approximate surface area is 159 Å². The van der Waals surface area contributed by atoms with Crippen LogP contribution < -0.4 is 16.0 Å². The van der Waals surface area contributed by atoms with Crippen molar-refractivity contribution in [2.45, 2.75) is 31.7 Å². The molecule has 1 unspecified atom stereocenters. The summed E-state index contributed by atoms with van der Waals surface area (Å²) in [5.41, 5.74) is 8.18. The lowest BCUT2D eigenvalue weighted by Crippen LogP contribution is -2.38. The standard InChI is InChI=1S/C20H24N6O/c1-14(11-21)16-4-2-15(3-5-16)10-20(27)23-18-8-9-26(13-18)19-7-6-17(12-22)24-25-19/h2-7,14,18H,8-11,13,21H2,1H3,(H,23,27)/t14?,18-/m0/s1. The molecule has 1 amide bonds. The van der Waals surface area contributed by atoms with Gasteiger partial charge in [-0.25, -0.2) is 0 Å². The first kappa shape index (κ1) is 18.8. The number of carbonyl (C=O) groups excluding carboxylic acids is 1. The molecule has 1 fully saturated rings. The van der Waals surface area contributed by atoms with Gasteiger partial charge in [0.25, 0.3) is 0 Å². The summed E-state index contributed by atoms with van der Waals surface area (Å²) in [6.07, 6.45) is 1.23. The number of hydrogen-bond donors (Lipinski definition) is 2. The van der Waals surface area contributed by atoms with E-state index in [4.69, 9.17) is 11.0 Å². The number of rotatable bonds is 6. The number of nitrogens with two attached hydrogens (primary N) is 1. The van der Waals surface area contributed by atoms with Crippen LogP contribution in [0.1, 0.15) is 36.1 Å². The van der Waals surface area contributed by atoms with Crippen LogP contribution in [-0.4, -0.2) is 41.8 Å². The zero-order valence-electron chi connectivity index (χ0n) is 15.4. The van der Waals surface area contributed by atoms with Gasteiger partial charge in [-0.05, 0) is 42.1 Å². The molecule has 0 radical (unpaired) electrons. The second kappa shape index (κ2) is 8.60. The highest BCUT2D eigenvalue weighted by molar-refractivity contribution is 5.79. The molecule has 3 rings (SSSR count). The first-order chi connectivity index (χ1) is 13.1. The van der Waals surface area contributed by atoms with Crippen LogP contribution >= 0.6 is 0 Å². The second-order valence-corrected chi connectivity index (χ2v) is 6.94. The number of nitrogens with zero attached hydrogens (tertiary/aromatic N) is 4. The summed E-state index contributed by atoms with van der Waals surface area (Å²) in [7, 11) is 0. The molecule has 140 valence electrons. The molecule has 2 aromatic rings. The fourth-order valence-electron chi connectivity index (χ4n) is 3.20. The molecule has 2 heterocycles. The van der Waals surface area contributed by atoms with Gasteiger partial charge in [0.2, 0.25) is 5.91 Å². The van der Waals surface area contributed by atoms with Crippen LogP contribution in [0.5, 0.6) is 0 Å². The molecule has 1 aromatic carbocycles. The van der Waals surface area contributed by atoms with E-state index in [0.717, 1.165) is 24.3 Å². The topological polar surface area (TPSA) is 108 Å². The predicted octanol–water partition coefficient (Wildman–Crippen LogP) is 1.35. The van der Waals surface area contributed by atoms with Crippen molar-refractivity contribution in [3.8, 4) is 6.07 Å². The summed E-state index contributed by atoms with van der Waals surface area (Å²) in [6.45, 7) is 4.20. The third-order valence-electron chi connectivity index (χ3n) is 4.91. The van der Waals surface area contributed by atoms with Crippen LogP contribution in [0.4, 0.5) is 5.82 Å². The Hall–Kier alpha value is -2.98. The van der Waals surface area contributed by atoms with Crippen LogP contribution in [0, 0.1) is 11.3 Å². The molecule has 0 spiro atoms. The van der Waals surface area contributed by atoms with Crippen LogP contribution in [0.15, 0.2) is 36.4 Å². The molecule has 27 heavy (non-hydrogen) atoms. The van der Waals surface area contributed by atoms with E-state index in [0.29, 0.717) is 31.1 Å². The van der Waals surface area contributed by atoms with Gasteiger partial charge in [0.05, 0.1) is 6.42 Å². The van der Waals surface area contributed by atoms with Gasteiger partial charge in [-0.2, -0.15) is 5.26 Å². The number of amides is 1. The van der Waals surface area contributed by atoms with Crippen molar-refractivity contribution in [1.82, 2.24) is 15.5 Å². The van der Waals surface area contributed by atoms with E-state index in [1.54, 1.807) is 12.1 Å². The Kier molecular flexibility index (Phi) is 5.99. The summed E-state index contributed by atoms with van der Waals surface area (Å²) in [6, 6.07) is 13.6. The quantitative estimate of drug-likeness (QED) is 0.801. The van der Waals surface area contributed by atoms with Gasteiger partial charge in [-0.15, -0.1) is 10.2 Å². The van der Waals surface area contributed by atoms with Gasteiger partial charge in [-0.1, -0.05) is 31.2 Å². The van der Waals surface area contributed by atoms with E-state index in [2.05, 4.69) is 27.3 Å². The molecule has 1 aliphatic rings. The number of benzene rings is 1. The van der Waals surface area contributed by atoms with Crippen molar-refractivity contribution in [2.24, 2.45) is 5.73 Å². The maximum Gasteiger partial charge on any atom is 0.224 e. The fraction of sp³-hybridized carbons (Fsp3) is 0.400. The summed E-state index contributed by atoms with van der Waals surface area (Å²) in [5.74, 6) is 1.07. The van der Waals surface area contributed by atoms with Gasteiger partial charge >= 0.3 is 0 Å². The fourth-order valence-corrected chi connectivity index (χ4v) is 3.20. The summed E-state index contributed by atoms with van der Waals surface area (Å²) in [5, 5.41) is 19.8. The molecule has 1 saturated heterocycles. The minimum Gasteiger partial charge on any atom is -0.353 e. The minimum absolute atomic E-state index is 0.0207. The lowest BCUT2D eigenvalue weighted by molar-refractivity contribution is -0.121. The van der Waals surface area contributed by atoms with E-state index in [1.165, 1.54) is 5.56 Å². The Balaban J connectivity index is 1.50. The molecule has 3 N–H and O–H groups in total. The van der Waals surface area contributed by atoms with E-state index >= 15 is 0 Å². The Morgan fingerprint density at radius 2 is 2.11 bits per heavy atom. The van der Waals surface area contributed by atoms with E-state index in [1.807, 2.05) is 30.3 Å². The predicted molar refractivity (Wildman–Crippen MR) is 103 cm³/mol. The van der Waals surface area contributed by atoms with Crippen LogP contribution in [-0.2, 0) is 11.2 Å². The molecule has 0 saturated carbocycles. The van der Waals surface area contributed by atoms with Crippen molar-refractivity contribution in [2.75, 3.05) is 24.5 Å². The molecule has 0 bridgehead atoms. The minimum atomic E-state index is 0.0207. The number of hydrogen-bond acceptors (Lipinski definition) is 6. The number of aromatic nitrogens is 2. The maximum atomic E-state index is 12.4. The average molecular weight is 364 g/mol. The molecule has 7 heteroatoms. The summed E-state index contributed by atoms with van der Waals surface area (Å²) >= 11 is 0. The van der Waals surface area contributed by atoms with Gasteiger partial charge in [0.15, 0.2) is 11.5 Å². The molecule has 1 aliphatic heterocycles. The highest BCUT2D eigenvalue weighted by Gasteiger charge is 2.25. The molecule has 0 aliphatic carbocycles. The summed E-state index contributed by atoms with van der Waals surface area (Å²) < 4.78 is 0. The highest BCUT2D eigenvalue weighted by Crippen LogP contribution is 2.18. The van der Waals surface area contributed by atoms with Crippen molar-refractivity contribution in [3.05, 3.63) is 53.2 Å². The monoisotopic (exact) mass is 364 g/mol. The Morgan fingerprint density at radius 1 is 1.33 bits per heavy atom. The van der Waals surface area contributed by atoms with Gasteiger partial charge in [0, 0.05) is 19.1 Å². The van der Waals surface area contributed by atoms with Crippen molar-refractivity contribution in [1.29, 1.82) is 5.26 Å². The largest absolute Gasteiger partial charge is 0.353 e. The smallest absolute Gasteiger partial charge is 0.224 e. The van der Waals surface area contributed by atoms with Crippen LogP contribution in [0.25, 0.3) is 0 Å². The lowest BCUT2D eigenvalue weighted by atomic mass is 9.99. The third kappa shape index (κ3) is 4.80. The summed E-state index contributed by atoms with van der Waals surface area (Å²) in [4.78, 5) is 14.4. The number of nitrogens with one attached hydrogen (secondary N) is 1. The van der Waals surface area contributed by atoms with E-state index < -0.39 is 0 Å². The normalized spacial score (nSPS) is 17.4. The lowest BCUT2D eigenvalue weighted by Gasteiger charge is -2.17. The van der Waals surface area contributed by atoms with Gasteiger partial charge < -0.3 is 16.0 Å². The number of anilines is 1. The average Bonchev–Trinajstić information content (AvgIpc) is 3.16. The number of carbonyl (C=O) groups is 1. The molecular weight excluding hydrogens is 340 g/mol. The SMILES string of the molecule is CC(CN)c1ccc(CC(=O)N[C@H]2CCN(c3ccc(C#N)nn3)C2)cc1.